The summed E-state index contributed by atoms with van der Waals surface area (Å²) in [6.45, 7) is 2.25. The Morgan fingerprint density at radius 2 is 1.30 bits per heavy atom. The van der Waals surface area contributed by atoms with Crippen LogP contribution in [-0.4, -0.2) is 11.1 Å². The molecule has 0 aromatic heterocycles. The highest BCUT2D eigenvalue weighted by atomic mass is 16.4. The molecule has 2 nitrogen and oxygen atoms in total. The van der Waals surface area contributed by atoms with Crippen LogP contribution in [0.2, 0.25) is 0 Å². The third-order valence-corrected chi connectivity index (χ3v) is 3.37. The number of unbranched alkanes of at least 4 members (excludes halogenated alkanes) is 9. The molecule has 0 aromatic carbocycles. The molecule has 2 heteroatoms. The smallest absolute Gasteiger partial charge is 0.303 e. The third-order valence-electron chi connectivity index (χ3n) is 3.37. The lowest BCUT2D eigenvalue weighted by Crippen LogP contribution is -1.92. The first kappa shape index (κ1) is 18.9. The molecule has 0 rings (SSSR count). The van der Waals surface area contributed by atoms with Gasteiger partial charge in [0.1, 0.15) is 0 Å². The molecular weight excluding hydrogens is 248 g/mol. The van der Waals surface area contributed by atoms with Crippen molar-refractivity contribution in [3.63, 3.8) is 0 Å². The van der Waals surface area contributed by atoms with Crippen molar-refractivity contribution in [1.29, 1.82) is 0 Å². The normalized spacial score (nSPS) is 11.7. The summed E-state index contributed by atoms with van der Waals surface area (Å²) >= 11 is 0. The summed E-state index contributed by atoms with van der Waals surface area (Å²) < 4.78 is 0. The van der Waals surface area contributed by atoms with Gasteiger partial charge in [0.15, 0.2) is 0 Å². The largest absolute Gasteiger partial charge is 0.481 e. The fourth-order valence-corrected chi connectivity index (χ4v) is 2.11. The van der Waals surface area contributed by atoms with Gasteiger partial charge in [-0.3, -0.25) is 4.79 Å². The molecule has 0 unspecified atom stereocenters. The van der Waals surface area contributed by atoms with Crippen LogP contribution >= 0.6 is 0 Å². The van der Waals surface area contributed by atoms with Crippen LogP contribution in [0.25, 0.3) is 0 Å². The fraction of sp³-hybridized carbons (Fsp3) is 0.722. The molecule has 20 heavy (non-hydrogen) atoms. The van der Waals surface area contributed by atoms with Gasteiger partial charge >= 0.3 is 5.97 Å². The summed E-state index contributed by atoms with van der Waals surface area (Å²) in [5, 5.41) is 8.49. The first-order valence-corrected chi connectivity index (χ1v) is 8.30. The second kappa shape index (κ2) is 16.0. The average molecular weight is 280 g/mol. The van der Waals surface area contributed by atoms with Crippen LogP contribution in [0.3, 0.4) is 0 Å². The van der Waals surface area contributed by atoms with Crippen molar-refractivity contribution in [3.8, 4) is 0 Å². The summed E-state index contributed by atoms with van der Waals surface area (Å²) in [6.07, 6.45) is 22.3. The molecule has 0 amide bonds. The third kappa shape index (κ3) is 16.9. The Hall–Kier alpha value is -1.05. The number of hydrogen-bond acceptors (Lipinski definition) is 1. The van der Waals surface area contributed by atoms with Gasteiger partial charge in [0, 0.05) is 6.42 Å². The maximum atomic E-state index is 10.3. The minimum Gasteiger partial charge on any atom is -0.481 e. The zero-order chi connectivity index (χ0) is 14.9. The van der Waals surface area contributed by atoms with Crippen LogP contribution in [0, 0.1) is 0 Å². The van der Waals surface area contributed by atoms with E-state index in [0.29, 0.717) is 6.42 Å². The number of carboxylic acid groups (broad SMARTS) is 1. The molecule has 0 saturated heterocycles. The highest BCUT2D eigenvalue weighted by Gasteiger charge is 1.93. The zero-order valence-corrected chi connectivity index (χ0v) is 13.2. The summed E-state index contributed by atoms with van der Waals surface area (Å²) in [4.78, 5) is 10.3. The lowest BCUT2D eigenvalue weighted by molar-refractivity contribution is -0.137. The van der Waals surface area contributed by atoms with E-state index in [9.17, 15) is 4.79 Å². The Kier molecular flexibility index (Phi) is 15.2. The standard InChI is InChI=1S/C18H32O2/c1-2-3-4-5-6-7-8-9-10-11-12-13-14-15-16-17-18(19)20/h10-13H,2-9,14-17H2,1H3,(H,19,20)/b11-10-,13-12+. The Morgan fingerprint density at radius 3 is 1.85 bits per heavy atom. The fourth-order valence-electron chi connectivity index (χ4n) is 2.11. The molecule has 0 aliphatic heterocycles. The molecule has 0 radical (unpaired) electrons. The van der Waals surface area contributed by atoms with E-state index in [2.05, 4.69) is 31.2 Å². The SMILES string of the molecule is CCCCCCCCC/C=C\C=C\CCCCC(=O)O. The van der Waals surface area contributed by atoms with Gasteiger partial charge in [-0.15, -0.1) is 0 Å². The minimum atomic E-state index is -0.691. The molecule has 0 heterocycles. The monoisotopic (exact) mass is 280 g/mol. The lowest BCUT2D eigenvalue weighted by atomic mass is 10.1. The highest BCUT2D eigenvalue weighted by Crippen LogP contribution is 2.08. The molecule has 116 valence electrons. The van der Waals surface area contributed by atoms with Crippen molar-refractivity contribution < 1.29 is 9.90 Å². The van der Waals surface area contributed by atoms with E-state index in [1.54, 1.807) is 0 Å². The van der Waals surface area contributed by atoms with Crippen LogP contribution in [0.4, 0.5) is 0 Å². The van der Waals surface area contributed by atoms with Gasteiger partial charge in [0.2, 0.25) is 0 Å². The molecular formula is C18H32O2. The predicted molar refractivity (Wildman–Crippen MR) is 87.0 cm³/mol. The van der Waals surface area contributed by atoms with Crippen LogP contribution in [0.1, 0.15) is 84.0 Å². The van der Waals surface area contributed by atoms with Gasteiger partial charge in [0.05, 0.1) is 0 Å². The number of allylic oxidation sites excluding steroid dienone is 4. The van der Waals surface area contributed by atoms with Crippen molar-refractivity contribution in [3.05, 3.63) is 24.3 Å². The number of hydrogen-bond donors (Lipinski definition) is 1. The summed E-state index contributed by atoms with van der Waals surface area (Å²) in [5.41, 5.74) is 0. The van der Waals surface area contributed by atoms with Crippen LogP contribution in [0.15, 0.2) is 24.3 Å². The summed E-state index contributed by atoms with van der Waals surface area (Å²) in [6, 6.07) is 0. The summed E-state index contributed by atoms with van der Waals surface area (Å²) in [7, 11) is 0. The topological polar surface area (TPSA) is 37.3 Å². The molecule has 0 aromatic rings. The number of carboxylic acids is 1. The van der Waals surface area contributed by atoms with Crippen LogP contribution in [-0.2, 0) is 4.79 Å². The molecule has 0 spiro atoms. The van der Waals surface area contributed by atoms with Crippen molar-refractivity contribution in [2.45, 2.75) is 84.0 Å². The van der Waals surface area contributed by atoms with Crippen molar-refractivity contribution in [1.82, 2.24) is 0 Å². The molecule has 0 aliphatic carbocycles. The van der Waals surface area contributed by atoms with Gasteiger partial charge in [-0.1, -0.05) is 69.8 Å². The van der Waals surface area contributed by atoms with Gasteiger partial charge in [-0.25, -0.2) is 0 Å². The lowest BCUT2D eigenvalue weighted by Gasteiger charge is -1.98. The Labute approximate surface area is 125 Å². The van der Waals surface area contributed by atoms with E-state index in [4.69, 9.17) is 5.11 Å². The maximum Gasteiger partial charge on any atom is 0.303 e. The van der Waals surface area contributed by atoms with Crippen molar-refractivity contribution in [2.75, 3.05) is 0 Å². The van der Waals surface area contributed by atoms with Crippen molar-refractivity contribution in [2.24, 2.45) is 0 Å². The second-order valence-corrected chi connectivity index (χ2v) is 5.41. The van der Waals surface area contributed by atoms with Gasteiger partial charge in [-0.2, -0.15) is 0 Å². The molecule has 1 N–H and O–H groups in total. The molecule has 0 bridgehead atoms. The zero-order valence-electron chi connectivity index (χ0n) is 13.2. The Morgan fingerprint density at radius 1 is 0.800 bits per heavy atom. The molecule has 0 aliphatic rings. The molecule has 0 fully saturated rings. The van der Waals surface area contributed by atoms with E-state index >= 15 is 0 Å². The van der Waals surface area contributed by atoms with Crippen molar-refractivity contribution >= 4 is 5.97 Å². The van der Waals surface area contributed by atoms with Crippen LogP contribution in [0.5, 0.6) is 0 Å². The molecule has 0 saturated carbocycles. The number of rotatable bonds is 14. The predicted octanol–water partition coefficient (Wildman–Crippen LogP) is 5.88. The van der Waals surface area contributed by atoms with E-state index < -0.39 is 5.97 Å². The minimum absolute atomic E-state index is 0.294. The first-order chi connectivity index (χ1) is 9.77. The summed E-state index contributed by atoms with van der Waals surface area (Å²) in [5.74, 6) is -0.691. The first-order valence-electron chi connectivity index (χ1n) is 8.30. The Balaban J connectivity index is 3.20. The number of carbonyl (C=O) groups is 1. The van der Waals surface area contributed by atoms with Gasteiger partial charge in [0.25, 0.3) is 0 Å². The quantitative estimate of drug-likeness (QED) is 0.318. The van der Waals surface area contributed by atoms with Gasteiger partial charge in [-0.05, 0) is 32.1 Å². The number of aliphatic carboxylic acids is 1. The van der Waals surface area contributed by atoms with E-state index in [0.717, 1.165) is 19.3 Å². The maximum absolute atomic E-state index is 10.3. The van der Waals surface area contributed by atoms with Crippen LogP contribution < -0.4 is 0 Å². The average Bonchev–Trinajstić information content (AvgIpc) is 2.43. The van der Waals surface area contributed by atoms with E-state index in [-0.39, 0.29) is 0 Å². The molecule has 0 atom stereocenters. The van der Waals surface area contributed by atoms with E-state index in [1.807, 2.05) is 0 Å². The highest BCUT2D eigenvalue weighted by molar-refractivity contribution is 5.66. The van der Waals surface area contributed by atoms with E-state index in [1.165, 1.54) is 51.4 Å². The second-order valence-electron chi connectivity index (χ2n) is 5.41. The van der Waals surface area contributed by atoms with Gasteiger partial charge < -0.3 is 5.11 Å². The Bertz CT molecular complexity index is 267.